The largest absolute Gasteiger partial charge is 0.339 e. The van der Waals surface area contributed by atoms with E-state index in [2.05, 4.69) is 27.2 Å². The number of piperazine rings is 1. The summed E-state index contributed by atoms with van der Waals surface area (Å²) in [5.41, 5.74) is 2.18. The Hall–Kier alpha value is -2.18. The van der Waals surface area contributed by atoms with E-state index in [1.807, 2.05) is 30.0 Å². The lowest BCUT2D eigenvalue weighted by atomic mass is 10.2. The molecule has 3 rings (SSSR count). The van der Waals surface area contributed by atoms with E-state index in [4.69, 9.17) is 11.6 Å². The van der Waals surface area contributed by atoms with Gasteiger partial charge in [-0.2, -0.15) is 0 Å². The summed E-state index contributed by atoms with van der Waals surface area (Å²) in [7, 11) is 2.06. The molecule has 0 saturated carbocycles. The summed E-state index contributed by atoms with van der Waals surface area (Å²) < 4.78 is 0. The third-order valence-electron chi connectivity index (χ3n) is 4.19. The first-order valence-electron chi connectivity index (χ1n) is 7.86. The van der Waals surface area contributed by atoms with Crippen molar-refractivity contribution >= 4 is 29.0 Å². The van der Waals surface area contributed by atoms with Crippen molar-refractivity contribution in [1.29, 1.82) is 0 Å². The fraction of sp³-hybridized carbons (Fsp3) is 0.353. The highest BCUT2D eigenvalue weighted by Crippen LogP contribution is 2.25. The number of likely N-dealkylation sites (N-methyl/N-ethyl adjacent to an activating group) is 1. The van der Waals surface area contributed by atoms with Crippen molar-refractivity contribution in [3.8, 4) is 0 Å². The highest BCUT2D eigenvalue weighted by atomic mass is 35.5. The molecule has 0 aliphatic carbocycles. The zero-order valence-corrected chi connectivity index (χ0v) is 14.5. The first-order chi connectivity index (χ1) is 11.5. The molecule has 6 nitrogen and oxygen atoms in total. The fourth-order valence-corrected chi connectivity index (χ4v) is 2.73. The number of anilines is 2. The number of nitrogens with one attached hydrogen (secondary N) is 1. The Labute approximate surface area is 146 Å². The van der Waals surface area contributed by atoms with E-state index in [0.717, 1.165) is 37.4 Å². The third-order valence-corrected chi connectivity index (χ3v) is 4.60. The Kier molecular flexibility index (Phi) is 4.97. The van der Waals surface area contributed by atoms with Gasteiger partial charge in [0.2, 0.25) is 0 Å². The molecule has 24 heavy (non-hydrogen) atoms. The molecule has 0 unspecified atom stereocenters. The molecule has 0 spiro atoms. The summed E-state index contributed by atoms with van der Waals surface area (Å²) in [6.45, 7) is 5.14. The molecule has 2 aromatic rings. The van der Waals surface area contributed by atoms with Gasteiger partial charge in [0.25, 0.3) is 5.91 Å². The second-order valence-electron chi connectivity index (χ2n) is 5.92. The molecule has 1 N–H and O–H groups in total. The smallest absolute Gasteiger partial charge is 0.274 e. The summed E-state index contributed by atoms with van der Waals surface area (Å²) in [4.78, 5) is 25.0. The van der Waals surface area contributed by atoms with Gasteiger partial charge in [-0.3, -0.25) is 4.79 Å². The van der Waals surface area contributed by atoms with Crippen molar-refractivity contribution < 1.29 is 4.79 Å². The predicted molar refractivity (Wildman–Crippen MR) is 94.9 cm³/mol. The van der Waals surface area contributed by atoms with Crippen LogP contribution in [0, 0.1) is 6.92 Å². The number of carbonyl (C=O) groups is 1. The van der Waals surface area contributed by atoms with Gasteiger partial charge in [0.1, 0.15) is 11.5 Å². The van der Waals surface area contributed by atoms with E-state index in [-0.39, 0.29) is 5.91 Å². The molecule has 1 fully saturated rings. The molecule has 1 aliphatic rings. The highest BCUT2D eigenvalue weighted by Gasteiger charge is 2.21. The predicted octanol–water partition coefficient (Wildman–Crippen LogP) is 2.57. The van der Waals surface area contributed by atoms with E-state index >= 15 is 0 Å². The van der Waals surface area contributed by atoms with Crippen molar-refractivity contribution in [2.45, 2.75) is 6.92 Å². The number of hydrogen-bond donors (Lipinski definition) is 1. The minimum absolute atomic E-state index is 0.0684. The van der Waals surface area contributed by atoms with Gasteiger partial charge in [-0.1, -0.05) is 17.7 Å². The summed E-state index contributed by atoms with van der Waals surface area (Å²) in [5, 5.41) is 3.86. The van der Waals surface area contributed by atoms with Crippen LogP contribution in [0.25, 0.3) is 0 Å². The highest BCUT2D eigenvalue weighted by molar-refractivity contribution is 6.31. The van der Waals surface area contributed by atoms with E-state index in [0.29, 0.717) is 16.5 Å². The van der Waals surface area contributed by atoms with E-state index in [1.54, 1.807) is 6.20 Å². The van der Waals surface area contributed by atoms with Crippen molar-refractivity contribution in [1.82, 2.24) is 19.8 Å². The van der Waals surface area contributed by atoms with Crippen LogP contribution in [0.2, 0.25) is 5.02 Å². The average Bonchev–Trinajstić information content (AvgIpc) is 2.60. The zero-order chi connectivity index (χ0) is 17.1. The first kappa shape index (κ1) is 16.7. The van der Waals surface area contributed by atoms with Gasteiger partial charge in [-0.15, -0.1) is 0 Å². The Bertz CT molecular complexity index is 726. The van der Waals surface area contributed by atoms with Crippen LogP contribution in [0.15, 0.2) is 30.6 Å². The van der Waals surface area contributed by atoms with Crippen LogP contribution in [0.4, 0.5) is 11.5 Å². The molecule has 7 heteroatoms. The van der Waals surface area contributed by atoms with E-state index in [1.165, 1.54) is 6.20 Å². The number of aromatic nitrogens is 2. The summed E-state index contributed by atoms with van der Waals surface area (Å²) >= 11 is 6.11. The lowest BCUT2D eigenvalue weighted by Crippen LogP contribution is -2.47. The Morgan fingerprint density at radius 1 is 1.17 bits per heavy atom. The Balaban J connectivity index is 1.69. The monoisotopic (exact) mass is 345 g/mol. The minimum Gasteiger partial charge on any atom is -0.339 e. The summed E-state index contributed by atoms with van der Waals surface area (Å²) in [6.07, 6.45) is 3.09. The maximum atomic E-state index is 12.4. The normalized spacial score (nSPS) is 15.4. The van der Waals surface area contributed by atoms with Crippen LogP contribution >= 0.6 is 11.6 Å². The molecule has 1 aliphatic heterocycles. The van der Waals surface area contributed by atoms with E-state index < -0.39 is 0 Å². The second kappa shape index (κ2) is 7.15. The number of nitrogens with zero attached hydrogens (tertiary/aromatic N) is 4. The van der Waals surface area contributed by atoms with Crippen LogP contribution in [0.1, 0.15) is 16.1 Å². The van der Waals surface area contributed by atoms with Gasteiger partial charge < -0.3 is 15.1 Å². The maximum Gasteiger partial charge on any atom is 0.274 e. The van der Waals surface area contributed by atoms with Crippen LogP contribution in [-0.2, 0) is 0 Å². The van der Waals surface area contributed by atoms with Gasteiger partial charge in [0, 0.05) is 36.9 Å². The number of carbonyl (C=O) groups excluding carboxylic acids is 1. The van der Waals surface area contributed by atoms with Gasteiger partial charge in [-0.25, -0.2) is 9.97 Å². The topological polar surface area (TPSA) is 61.4 Å². The number of rotatable bonds is 3. The number of halogens is 1. The Morgan fingerprint density at radius 2 is 1.92 bits per heavy atom. The van der Waals surface area contributed by atoms with Crippen LogP contribution in [-0.4, -0.2) is 58.9 Å². The molecule has 1 amide bonds. The molecule has 1 aromatic heterocycles. The lowest BCUT2D eigenvalue weighted by molar-refractivity contribution is 0.0658. The van der Waals surface area contributed by atoms with Gasteiger partial charge in [0.15, 0.2) is 0 Å². The molecular formula is C17H20ClN5O. The fourth-order valence-electron chi connectivity index (χ4n) is 2.56. The standard InChI is InChI=1S/C17H20ClN5O/c1-12-13(18)4-3-5-14(12)21-16-11-19-15(10-20-16)17(24)23-8-6-22(2)7-9-23/h3-5,10-11H,6-9H2,1-2H3,(H,20,21). The minimum atomic E-state index is -0.0684. The number of hydrogen-bond acceptors (Lipinski definition) is 5. The zero-order valence-electron chi connectivity index (χ0n) is 13.8. The first-order valence-corrected chi connectivity index (χ1v) is 8.24. The summed E-state index contributed by atoms with van der Waals surface area (Å²) in [5.74, 6) is 0.511. The molecule has 1 aromatic carbocycles. The van der Waals surface area contributed by atoms with Crippen molar-refractivity contribution in [2.75, 3.05) is 38.5 Å². The van der Waals surface area contributed by atoms with Crippen molar-refractivity contribution in [3.63, 3.8) is 0 Å². The molecule has 1 saturated heterocycles. The third kappa shape index (κ3) is 3.66. The molecule has 2 heterocycles. The van der Waals surface area contributed by atoms with Crippen LogP contribution in [0.5, 0.6) is 0 Å². The molecule has 0 radical (unpaired) electrons. The molecular weight excluding hydrogens is 326 g/mol. The average molecular weight is 346 g/mol. The van der Waals surface area contributed by atoms with Crippen LogP contribution in [0.3, 0.4) is 0 Å². The van der Waals surface area contributed by atoms with Crippen molar-refractivity contribution in [3.05, 3.63) is 46.9 Å². The second-order valence-corrected chi connectivity index (χ2v) is 6.33. The molecule has 0 bridgehead atoms. The Morgan fingerprint density at radius 3 is 2.58 bits per heavy atom. The molecule has 126 valence electrons. The van der Waals surface area contributed by atoms with Gasteiger partial charge in [-0.05, 0) is 31.7 Å². The maximum absolute atomic E-state index is 12.4. The van der Waals surface area contributed by atoms with E-state index in [9.17, 15) is 4.79 Å². The van der Waals surface area contributed by atoms with Crippen LogP contribution < -0.4 is 5.32 Å². The number of benzene rings is 1. The van der Waals surface area contributed by atoms with Crippen molar-refractivity contribution in [2.24, 2.45) is 0 Å². The lowest BCUT2D eigenvalue weighted by Gasteiger charge is -2.32. The number of amides is 1. The quantitative estimate of drug-likeness (QED) is 0.926. The SMILES string of the molecule is Cc1c(Cl)cccc1Nc1cnc(C(=O)N2CCN(C)CC2)cn1. The van der Waals surface area contributed by atoms with Gasteiger partial charge in [0.05, 0.1) is 12.4 Å². The molecule has 0 atom stereocenters. The van der Waals surface area contributed by atoms with Gasteiger partial charge >= 0.3 is 0 Å². The summed E-state index contributed by atoms with van der Waals surface area (Å²) in [6, 6.07) is 5.63.